The van der Waals surface area contributed by atoms with E-state index in [9.17, 15) is 14.3 Å². The molecule has 1 aliphatic carbocycles. The number of hydrogen-bond donors (Lipinski definition) is 1. The lowest BCUT2D eigenvalue weighted by Gasteiger charge is -2.19. The Bertz CT molecular complexity index is 455. The summed E-state index contributed by atoms with van der Waals surface area (Å²) in [6, 6.07) is 6.26. The third-order valence-electron chi connectivity index (χ3n) is 3.83. The first kappa shape index (κ1) is 11.7. The molecule has 1 N–H and O–H groups in total. The number of carbonyl (C=O) groups excluding carboxylic acids is 1. The van der Waals surface area contributed by atoms with Crippen molar-refractivity contribution in [2.75, 3.05) is 6.54 Å². The molecule has 2 unspecified atom stereocenters. The van der Waals surface area contributed by atoms with Crippen molar-refractivity contribution in [2.24, 2.45) is 5.92 Å². The summed E-state index contributed by atoms with van der Waals surface area (Å²) in [5, 5.41) is 10.2. The largest absolute Gasteiger partial charge is 0.388 e. The predicted octanol–water partition coefficient (Wildman–Crippen LogP) is 1.87. The second-order valence-electron chi connectivity index (χ2n) is 5.24. The van der Waals surface area contributed by atoms with Crippen LogP contribution in [-0.2, 0) is 4.79 Å². The molecule has 1 saturated heterocycles. The minimum absolute atomic E-state index is 0.0661. The Labute approximate surface area is 105 Å². The second kappa shape index (κ2) is 4.35. The minimum atomic E-state index is -0.682. The van der Waals surface area contributed by atoms with Crippen molar-refractivity contribution in [1.82, 2.24) is 4.90 Å². The standard InChI is InChI=1S/C14H16FNO2/c15-11-3-1-9(2-4-11)14(18)10-7-13(17)16(8-10)12-5-6-12/h1-4,10,12,14,18H,5-8H2. The molecule has 1 aromatic carbocycles. The summed E-state index contributed by atoms with van der Waals surface area (Å²) in [6.45, 7) is 0.627. The summed E-state index contributed by atoms with van der Waals surface area (Å²) in [7, 11) is 0. The Kier molecular flexibility index (Phi) is 2.82. The number of amides is 1. The fraction of sp³-hybridized carbons (Fsp3) is 0.500. The molecule has 18 heavy (non-hydrogen) atoms. The Hall–Kier alpha value is -1.42. The van der Waals surface area contributed by atoms with Crippen molar-refractivity contribution in [3.63, 3.8) is 0 Å². The maximum Gasteiger partial charge on any atom is 0.223 e. The molecule has 96 valence electrons. The Morgan fingerprint density at radius 3 is 2.56 bits per heavy atom. The van der Waals surface area contributed by atoms with Crippen molar-refractivity contribution in [3.05, 3.63) is 35.6 Å². The molecular weight excluding hydrogens is 233 g/mol. The fourth-order valence-electron chi connectivity index (χ4n) is 2.64. The van der Waals surface area contributed by atoms with Gasteiger partial charge in [0.15, 0.2) is 0 Å². The fourth-order valence-corrected chi connectivity index (χ4v) is 2.64. The molecule has 3 nitrogen and oxygen atoms in total. The highest BCUT2D eigenvalue weighted by Crippen LogP contribution is 2.37. The van der Waals surface area contributed by atoms with Gasteiger partial charge in [-0.25, -0.2) is 4.39 Å². The van der Waals surface area contributed by atoms with E-state index in [4.69, 9.17) is 0 Å². The number of nitrogens with zero attached hydrogens (tertiary/aromatic N) is 1. The lowest BCUT2D eigenvalue weighted by molar-refractivity contribution is -0.128. The monoisotopic (exact) mass is 249 g/mol. The summed E-state index contributed by atoms with van der Waals surface area (Å²) in [4.78, 5) is 13.7. The van der Waals surface area contributed by atoms with E-state index in [-0.39, 0.29) is 17.6 Å². The molecule has 4 heteroatoms. The summed E-state index contributed by atoms with van der Waals surface area (Å²) >= 11 is 0. The smallest absolute Gasteiger partial charge is 0.223 e. The van der Waals surface area contributed by atoms with Gasteiger partial charge in [0, 0.05) is 24.9 Å². The molecule has 2 fully saturated rings. The third kappa shape index (κ3) is 2.12. The average Bonchev–Trinajstić information content (AvgIpc) is 3.13. The van der Waals surface area contributed by atoms with Crippen molar-refractivity contribution >= 4 is 5.91 Å². The number of aliphatic hydroxyl groups is 1. The quantitative estimate of drug-likeness (QED) is 0.888. The number of carbonyl (C=O) groups is 1. The van der Waals surface area contributed by atoms with Crippen LogP contribution in [0.25, 0.3) is 0 Å². The number of likely N-dealkylation sites (tertiary alicyclic amines) is 1. The van der Waals surface area contributed by atoms with E-state index in [1.807, 2.05) is 4.90 Å². The lowest BCUT2D eigenvalue weighted by atomic mass is 9.95. The van der Waals surface area contributed by atoms with Crippen LogP contribution >= 0.6 is 0 Å². The van der Waals surface area contributed by atoms with Crippen molar-refractivity contribution in [1.29, 1.82) is 0 Å². The van der Waals surface area contributed by atoms with Crippen LogP contribution in [0.5, 0.6) is 0 Å². The first-order chi connectivity index (χ1) is 8.65. The molecule has 0 spiro atoms. The molecule has 2 atom stereocenters. The summed E-state index contributed by atoms with van der Waals surface area (Å²) in [6.07, 6.45) is 1.89. The molecule has 0 radical (unpaired) electrons. The number of rotatable bonds is 3. The van der Waals surface area contributed by atoms with Gasteiger partial charge in [-0.3, -0.25) is 4.79 Å². The van der Waals surface area contributed by atoms with Crippen LogP contribution in [0.2, 0.25) is 0 Å². The van der Waals surface area contributed by atoms with Crippen LogP contribution in [0.15, 0.2) is 24.3 Å². The van der Waals surface area contributed by atoms with Gasteiger partial charge in [-0.15, -0.1) is 0 Å². The van der Waals surface area contributed by atoms with Crippen LogP contribution in [0.4, 0.5) is 4.39 Å². The zero-order chi connectivity index (χ0) is 12.7. The van der Waals surface area contributed by atoms with Gasteiger partial charge >= 0.3 is 0 Å². The van der Waals surface area contributed by atoms with E-state index in [1.165, 1.54) is 12.1 Å². The Morgan fingerprint density at radius 2 is 1.94 bits per heavy atom. The first-order valence-electron chi connectivity index (χ1n) is 6.38. The van der Waals surface area contributed by atoms with Crippen molar-refractivity contribution in [3.8, 4) is 0 Å². The molecule has 3 rings (SSSR count). The van der Waals surface area contributed by atoms with Gasteiger partial charge in [-0.1, -0.05) is 12.1 Å². The summed E-state index contributed by atoms with van der Waals surface area (Å²) in [5.41, 5.74) is 0.687. The van der Waals surface area contributed by atoms with Gasteiger partial charge in [-0.05, 0) is 30.5 Å². The lowest BCUT2D eigenvalue weighted by Crippen LogP contribution is -2.28. The average molecular weight is 249 g/mol. The zero-order valence-electron chi connectivity index (χ0n) is 10.1. The summed E-state index contributed by atoms with van der Waals surface area (Å²) in [5.74, 6) is -0.236. The van der Waals surface area contributed by atoms with Gasteiger partial charge in [0.1, 0.15) is 5.82 Å². The third-order valence-corrected chi connectivity index (χ3v) is 3.83. The van der Waals surface area contributed by atoms with Gasteiger partial charge in [0.2, 0.25) is 5.91 Å². The van der Waals surface area contributed by atoms with Gasteiger partial charge < -0.3 is 10.0 Å². The van der Waals surface area contributed by atoms with E-state index in [0.717, 1.165) is 12.8 Å². The minimum Gasteiger partial charge on any atom is -0.388 e. The van der Waals surface area contributed by atoms with Crippen LogP contribution in [0.1, 0.15) is 30.9 Å². The molecule has 0 bridgehead atoms. The molecule has 1 heterocycles. The maximum absolute atomic E-state index is 12.8. The second-order valence-corrected chi connectivity index (χ2v) is 5.24. The topological polar surface area (TPSA) is 40.5 Å². The highest BCUT2D eigenvalue weighted by molar-refractivity contribution is 5.79. The molecule has 1 aliphatic heterocycles. The van der Waals surface area contributed by atoms with E-state index >= 15 is 0 Å². The van der Waals surface area contributed by atoms with Gasteiger partial charge in [0.05, 0.1) is 6.10 Å². The first-order valence-corrected chi connectivity index (χ1v) is 6.38. The van der Waals surface area contributed by atoms with Crippen LogP contribution in [0, 0.1) is 11.7 Å². The zero-order valence-corrected chi connectivity index (χ0v) is 10.1. The Morgan fingerprint density at radius 1 is 1.28 bits per heavy atom. The summed E-state index contributed by atoms with van der Waals surface area (Å²) < 4.78 is 12.8. The van der Waals surface area contributed by atoms with Crippen LogP contribution in [0.3, 0.4) is 0 Å². The molecule has 1 saturated carbocycles. The number of aliphatic hydroxyl groups excluding tert-OH is 1. The predicted molar refractivity (Wildman–Crippen MR) is 64.2 cm³/mol. The van der Waals surface area contributed by atoms with E-state index < -0.39 is 6.10 Å². The van der Waals surface area contributed by atoms with E-state index in [1.54, 1.807) is 12.1 Å². The maximum atomic E-state index is 12.8. The normalized spacial score (nSPS) is 25.6. The van der Waals surface area contributed by atoms with E-state index in [0.29, 0.717) is 24.6 Å². The molecule has 0 aromatic heterocycles. The highest BCUT2D eigenvalue weighted by atomic mass is 19.1. The number of hydrogen-bond acceptors (Lipinski definition) is 2. The SMILES string of the molecule is O=C1CC(C(O)c2ccc(F)cc2)CN1C1CC1. The van der Waals surface area contributed by atoms with Crippen LogP contribution in [-0.4, -0.2) is 28.5 Å². The van der Waals surface area contributed by atoms with Crippen LogP contribution < -0.4 is 0 Å². The van der Waals surface area contributed by atoms with Gasteiger partial charge in [0.25, 0.3) is 0 Å². The molecular formula is C14H16FNO2. The van der Waals surface area contributed by atoms with Crippen molar-refractivity contribution in [2.45, 2.75) is 31.4 Å². The number of halogens is 1. The number of benzene rings is 1. The molecule has 1 aromatic rings. The molecule has 2 aliphatic rings. The molecule has 1 amide bonds. The van der Waals surface area contributed by atoms with E-state index in [2.05, 4.69) is 0 Å². The Balaban J connectivity index is 1.71. The highest BCUT2D eigenvalue weighted by Gasteiger charge is 2.41. The van der Waals surface area contributed by atoms with Crippen molar-refractivity contribution < 1.29 is 14.3 Å². The van der Waals surface area contributed by atoms with Gasteiger partial charge in [-0.2, -0.15) is 0 Å².